The number of aliphatic hydroxyl groups excluding tert-OH is 1. The van der Waals surface area contributed by atoms with Crippen molar-refractivity contribution in [2.45, 2.75) is 30.8 Å². The first-order chi connectivity index (χ1) is 9.73. The van der Waals surface area contributed by atoms with Crippen molar-refractivity contribution < 1.29 is 26.7 Å². The van der Waals surface area contributed by atoms with Crippen LogP contribution in [0, 0.1) is 23.4 Å². The Balaban J connectivity index is 2.24. The summed E-state index contributed by atoms with van der Waals surface area (Å²) in [6, 6.07) is 0.961. The van der Waals surface area contributed by atoms with Gasteiger partial charge in [-0.25, -0.2) is 21.6 Å². The van der Waals surface area contributed by atoms with Gasteiger partial charge in [0.05, 0.1) is 11.0 Å². The highest BCUT2D eigenvalue weighted by Crippen LogP contribution is 2.27. The van der Waals surface area contributed by atoms with E-state index in [0.29, 0.717) is 25.0 Å². The number of aliphatic hydroxyl groups is 1. The summed E-state index contributed by atoms with van der Waals surface area (Å²) in [6.45, 7) is 1.94. The van der Waals surface area contributed by atoms with Crippen LogP contribution in [0.4, 0.5) is 13.2 Å². The molecule has 1 heterocycles. The van der Waals surface area contributed by atoms with Gasteiger partial charge >= 0.3 is 0 Å². The minimum absolute atomic E-state index is 0.00172. The van der Waals surface area contributed by atoms with E-state index in [1.165, 1.54) is 0 Å². The highest BCUT2D eigenvalue weighted by Gasteiger charge is 2.32. The van der Waals surface area contributed by atoms with Crippen molar-refractivity contribution in [2.75, 3.05) is 13.1 Å². The van der Waals surface area contributed by atoms with Crippen LogP contribution in [-0.4, -0.2) is 37.0 Å². The second-order valence-electron chi connectivity index (χ2n) is 5.18. The third kappa shape index (κ3) is 3.22. The SMILES string of the molecule is CC(O)C1CCN(S(=O)(=O)c2cc(F)c(F)c(F)c2)CC1. The molecule has 1 unspecified atom stereocenters. The number of hydrogen-bond donors (Lipinski definition) is 1. The smallest absolute Gasteiger partial charge is 0.243 e. The number of hydrogen-bond acceptors (Lipinski definition) is 3. The summed E-state index contributed by atoms with van der Waals surface area (Å²) in [4.78, 5) is -0.602. The molecule has 2 rings (SSSR count). The molecule has 1 aliphatic rings. The van der Waals surface area contributed by atoms with Crippen LogP contribution >= 0.6 is 0 Å². The lowest BCUT2D eigenvalue weighted by atomic mass is 9.93. The summed E-state index contributed by atoms with van der Waals surface area (Å²) >= 11 is 0. The third-order valence-electron chi connectivity index (χ3n) is 3.78. The molecule has 1 aromatic carbocycles. The Morgan fingerprint density at radius 2 is 1.67 bits per heavy atom. The molecule has 1 saturated heterocycles. The molecule has 0 spiro atoms. The minimum atomic E-state index is -4.07. The molecular formula is C13H16F3NO3S. The molecule has 0 aromatic heterocycles. The summed E-state index contributed by atoms with van der Waals surface area (Å²) in [7, 11) is -4.07. The minimum Gasteiger partial charge on any atom is -0.393 e. The summed E-state index contributed by atoms with van der Waals surface area (Å²) in [5, 5.41) is 9.48. The normalized spacial score (nSPS) is 19.7. The summed E-state index contributed by atoms with van der Waals surface area (Å²) in [6.07, 6.45) is 0.391. The average Bonchev–Trinajstić information content (AvgIpc) is 2.44. The van der Waals surface area contributed by atoms with E-state index in [-0.39, 0.29) is 19.0 Å². The Labute approximate surface area is 121 Å². The molecule has 4 nitrogen and oxygen atoms in total. The van der Waals surface area contributed by atoms with E-state index in [1.54, 1.807) is 6.92 Å². The molecule has 0 amide bonds. The molecule has 1 N–H and O–H groups in total. The van der Waals surface area contributed by atoms with Crippen LogP contribution < -0.4 is 0 Å². The first-order valence-electron chi connectivity index (χ1n) is 6.56. The summed E-state index contributed by atoms with van der Waals surface area (Å²) in [5.41, 5.74) is 0. The highest BCUT2D eigenvalue weighted by atomic mass is 32.2. The van der Waals surface area contributed by atoms with E-state index in [9.17, 15) is 26.7 Å². The molecule has 8 heteroatoms. The predicted molar refractivity (Wildman–Crippen MR) is 69.5 cm³/mol. The zero-order chi connectivity index (χ0) is 15.8. The van der Waals surface area contributed by atoms with Gasteiger partial charge in [-0.3, -0.25) is 0 Å². The zero-order valence-electron chi connectivity index (χ0n) is 11.4. The Hall–Kier alpha value is -1.12. The van der Waals surface area contributed by atoms with E-state index in [4.69, 9.17) is 0 Å². The second kappa shape index (κ2) is 5.94. The zero-order valence-corrected chi connectivity index (χ0v) is 12.2. The fourth-order valence-electron chi connectivity index (χ4n) is 2.43. The number of sulfonamides is 1. The van der Waals surface area contributed by atoms with Crippen LogP contribution in [0.3, 0.4) is 0 Å². The Morgan fingerprint density at radius 1 is 1.19 bits per heavy atom. The van der Waals surface area contributed by atoms with Gasteiger partial charge in [0.1, 0.15) is 0 Å². The highest BCUT2D eigenvalue weighted by molar-refractivity contribution is 7.89. The number of nitrogens with zero attached hydrogens (tertiary/aromatic N) is 1. The quantitative estimate of drug-likeness (QED) is 0.864. The van der Waals surface area contributed by atoms with Crippen LogP contribution in [0.25, 0.3) is 0 Å². The van der Waals surface area contributed by atoms with E-state index in [2.05, 4.69) is 0 Å². The van der Waals surface area contributed by atoms with Crippen LogP contribution in [0.5, 0.6) is 0 Å². The maximum absolute atomic E-state index is 13.2. The largest absolute Gasteiger partial charge is 0.393 e. The molecule has 1 fully saturated rings. The Kier molecular flexibility index (Phi) is 4.60. The van der Waals surface area contributed by atoms with Gasteiger partial charge in [0, 0.05) is 13.1 Å². The van der Waals surface area contributed by atoms with E-state index in [0.717, 1.165) is 4.31 Å². The van der Waals surface area contributed by atoms with Crippen LogP contribution in [-0.2, 0) is 10.0 Å². The van der Waals surface area contributed by atoms with Crippen LogP contribution in [0.1, 0.15) is 19.8 Å². The average molecular weight is 323 g/mol. The van der Waals surface area contributed by atoms with Gasteiger partial charge < -0.3 is 5.11 Å². The van der Waals surface area contributed by atoms with Crippen LogP contribution in [0.2, 0.25) is 0 Å². The molecule has 1 aliphatic heterocycles. The van der Waals surface area contributed by atoms with Crippen molar-refractivity contribution >= 4 is 10.0 Å². The lowest BCUT2D eigenvalue weighted by molar-refractivity contribution is 0.0912. The first kappa shape index (κ1) is 16.3. The number of piperidine rings is 1. The van der Waals surface area contributed by atoms with Crippen molar-refractivity contribution in [2.24, 2.45) is 5.92 Å². The molecule has 0 saturated carbocycles. The topological polar surface area (TPSA) is 57.6 Å². The summed E-state index contributed by atoms with van der Waals surface area (Å²) in [5.74, 6) is -4.76. The molecular weight excluding hydrogens is 307 g/mol. The second-order valence-corrected chi connectivity index (χ2v) is 7.12. The number of benzene rings is 1. The number of halogens is 3. The fraction of sp³-hybridized carbons (Fsp3) is 0.538. The van der Waals surface area contributed by atoms with E-state index >= 15 is 0 Å². The Morgan fingerprint density at radius 3 is 2.10 bits per heavy atom. The third-order valence-corrected chi connectivity index (χ3v) is 5.65. The Bertz CT molecular complexity index is 603. The molecule has 0 bridgehead atoms. The fourth-order valence-corrected chi connectivity index (χ4v) is 3.92. The molecule has 118 valence electrons. The van der Waals surface area contributed by atoms with Gasteiger partial charge in [0.15, 0.2) is 17.5 Å². The van der Waals surface area contributed by atoms with Crippen molar-refractivity contribution in [3.8, 4) is 0 Å². The lowest BCUT2D eigenvalue weighted by Crippen LogP contribution is -2.40. The van der Waals surface area contributed by atoms with Crippen LogP contribution in [0.15, 0.2) is 17.0 Å². The maximum Gasteiger partial charge on any atom is 0.243 e. The van der Waals surface area contributed by atoms with Crippen molar-refractivity contribution in [3.05, 3.63) is 29.6 Å². The van der Waals surface area contributed by atoms with E-state index in [1.807, 2.05) is 0 Å². The van der Waals surface area contributed by atoms with Gasteiger partial charge in [0.25, 0.3) is 0 Å². The van der Waals surface area contributed by atoms with Gasteiger partial charge in [-0.1, -0.05) is 0 Å². The molecule has 1 aromatic rings. The van der Waals surface area contributed by atoms with Gasteiger partial charge in [0.2, 0.25) is 10.0 Å². The van der Waals surface area contributed by atoms with Gasteiger partial charge in [-0.2, -0.15) is 4.31 Å². The molecule has 1 atom stereocenters. The van der Waals surface area contributed by atoms with Crippen molar-refractivity contribution in [1.82, 2.24) is 4.31 Å². The predicted octanol–water partition coefficient (Wildman–Crippen LogP) is 1.89. The van der Waals surface area contributed by atoms with Gasteiger partial charge in [-0.05, 0) is 37.8 Å². The van der Waals surface area contributed by atoms with Gasteiger partial charge in [-0.15, -0.1) is 0 Å². The lowest BCUT2D eigenvalue weighted by Gasteiger charge is -2.32. The molecule has 21 heavy (non-hydrogen) atoms. The van der Waals surface area contributed by atoms with Crippen molar-refractivity contribution in [1.29, 1.82) is 0 Å². The van der Waals surface area contributed by atoms with Crippen molar-refractivity contribution in [3.63, 3.8) is 0 Å². The standard InChI is InChI=1S/C13H16F3NO3S/c1-8(18)9-2-4-17(5-3-9)21(19,20)10-6-11(14)13(16)12(15)7-10/h6-9,18H,2-5H2,1H3. The molecule has 0 aliphatic carbocycles. The molecule has 0 radical (unpaired) electrons. The number of rotatable bonds is 3. The van der Waals surface area contributed by atoms with E-state index < -0.39 is 38.5 Å². The monoisotopic (exact) mass is 323 g/mol. The maximum atomic E-state index is 13.2. The summed E-state index contributed by atoms with van der Waals surface area (Å²) < 4.78 is 64.9. The first-order valence-corrected chi connectivity index (χ1v) is 8.00.